The molecule has 138 valence electrons. The van der Waals surface area contributed by atoms with Gasteiger partial charge < -0.3 is 20.3 Å². The van der Waals surface area contributed by atoms with E-state index >= 15 is 0 Å². The van der Waals surface area contributed by atoms with Gasteiger partial charge in [-0.05, 0) is 61.3 Å². The summed E-state index contributed by atoms with van der Waals surface area (Å²) in [4.78, 5) is 1.71. The van der Waals surface area contributed by atoms with Crippen LogP contribution in [0.25, 0.3) is 0 Å². The Bertz CT molecular complexity index is 694. The smallest absolute Gasteiger partial charge is 0.171 e. The Labute approximate surface area is 161 Å². The van der Waals surface area contributed by atoms with Crippen LogP contribution in [-0.2, 0) is 13.1 Å². The Hall–Kier alpha value is -2.11. The molecule has 26 heavy (non-hydrogen) atoms. The van der Waals surface area contributed by atoms with Crippen molar-refractivity contribution in [2.45, 2.75) is 32.4 Å². The summed E-state index contributed by atoms with van der Waals surface area (Å²) in [5, 5.41) is 7.07. The first kappa shape index (κ1) is 18.7. The number of hydrogen-bond donors (Lipinski definition) is 3. The SMILES string of the molecule is COc1ccc(NC(=S)NCc2ccc(C[NH+]3CCCCC3)cc2)cc1. The van der Waals surface area contributed by atoms with Crippen LogP contribution < -0.4 is 20.3 Å². The zero-order valence-corrected chi connectivity index (χ0v) is 16.2. The summed E-state index contributed by atoms with van der Waals surface area (Å²) in [6.45, 7) is 4.49. The van der Waals surface area contributed by atoms with E-state index in [0.717, 1.165) is 24.5 Å². The zero-order chi connectivity index (χ0) is 18.2. The molecule has 3 rings (SSSR count). The van der Waals surface area contributed by atoms with Crippen LogP contribution in [-0.4, -0.2) is 25.3 Å². The first-order valence-electron chi connectivity index (χ1n) is 9.33. The lowest BCUT2D eigenvalue weighted by atomic mass is 10.1. The van der Waals surface area contributed by atoms with Gasteiger partial charge in [0.15, 0.2) is 5.11 Å². The first-order chi connectivity index (χ1) is 12.7. The minimum absolute atomic E-state index is 0.622. The maximum Gasteiger partial charge on any atom is 0.171 e. The Morgan fingerprint density at radius 2 is 1.62 bits per heavy atom. The summed E-state index contributed by atoms with van der Waals surface area (Å²) in [5.41, 5.74) is 3.61. The van der Waals surface area contributed by atoms with Gasteiger partial charge in [-0.3, -0.25) is 0 Å². The van der Waals surface area contributed by atoms with Gasteiger partial charge in [0.1, 0.15) is 12.3 Å². The molecule has 1 aliphatic heterocycles. The van der Waals surface area contributed by atoms with Gasteiger partial charge in [0.05, 0.1) is 20.2 Å². The van der Waals surface area contributed by atoms with Gasteiger partial charge in [-0.15, -0.1) is 0 Å². The molecule has 3 N–H and O–H groups in total. The molecule has 2 aromatic rings. The third-order valence-electron chi connectivity index (χ3n) is 4.84. The average Bonchev–Trinajstić information content (AvgIpc) is 2.69. The van der Waals surface area contributed by atoms with Gasteiger partial charge in [-0.1, -0.05) is 24.3 Å². The van der Waals surface area contributed by atoms with E-state index < -0.39 is 0 Å². The molecule has 0 radical (unpaired) electrons. The van der Waals surface area contributed by atoms with Crippen molar-refractivity contribution in [1.29, 1.82) is 0 Å². The zero-order valence-electron chi connectivity index (χ0n) is 15.4. The van der Waals surface area contributed by atoms with E-state index in [-0.39, 0.29) is 0 Å². The summed E-state index contributed by atoms with van der Waals surface area (Å²) in [7, 11) is 1.66. The number of rotatable bonds is 6. The minimum Gasteiger partial charge on any atom is -0.497 e. The van der Waals surface area contributed by atoms with Crippen molar-refractivity contribution in [3.8, 4) is 5.75 Å². The largest absolute Gasteiger partial charge is 0.497 e. The number of benzene rings is 2. The van der Waals surface area contributed by atoms with Gasteiger partial charge in [0.2, 0.25) is 0 Å². The van der Waals surface area contributed by atoms with Crippen molar-refractivity contribution in [3.63, 3.8) is 0 Å². The number of nitrogens with one attached hydrogen (secondary N) is 3. The third-order valence-corrected chi connectivity index (χ3v) is 5.09. The van der Waals surface area contributed by atoms with Gasteiger partial charge >= 0.3 is 0 Å². The fourth-order valence-electron chi connectivity index (χ4n) is 3.32. The molecule has 0 saturated carbocycles. The van der Waals surface area contributed by atoms with Crippen molar-refractivity contribution >= 4 is 23.0 Å². The molecule has 4 nitrogen and oxygen atoms in total. The molecule has 0 aromatic heterocycles. The van der Waals surface area contributed by atoms with Crippen LogP contribution in [0.3, 0.4) is 0 Å². The molecule has 0 unspecified atom stereocenters. The number of likely N-dealkylation sites (tertiary alicyclic amines) is 1. The summed E-state index contributed by atoms with van der Waals surface area (Å²) in [5.74, 6) is 0.834. The van der Waals surface area contributed by atoms with Crippen LogP contribution >= 0.6 is 12.2 Å². The second-order valence-electron chi connectivity index (χ2n) is 6.84. The molecule has 1 fully saturated rings. The fourth-order valence-corrected chi connectivity index (χ4v) is 3.51. The maximum atomic E-state index is 5.37. The lowest BCUT2D eigenvalue weighted by Gasteiger charge is -2.23. The van der Waals surface area contributed by atoms with E-state index in [0.29, 0.717) is 5.11 Å². The Balaban J connectivity index is 1.44. The van der Waals surface area contributed by atoms with E-state index in [1.54, 1.807) is 12.0 Å². The molecule has 0 aliphatic carbocycles. The van der Waals surface area contributed by atoms with Crippen molar-refractivity contribution in [2.75, 3.05) is 25.5 Å². The van der Waals surface area contributed by atoms with Crippen LogP contribution in [0, 0.1) is 0 Å². The lowest BCUT2D eigenvalue weighted by Crippen LogP contribution is -3.11. The molecule has 1 heterocycles. The minimum atomic E-state index is 0.622. The van der Waals surface area contributed by atoms with Crippen LogP contribution in [0.4, 0.5) is 5.69 Å². The van der Waals surface area contributed by atoms with Crippen molar-refractivity contribution in [1.82, 2.24) is 5.32 Å². The van der Waals surface area contributed by atoms with E-state index in [9.17, 15) is 0 Å². The predicted octanol–water partition coefficient (Wildman–Crippen LogP) is 2.75. The van der Waals surface area contributed by atoms with E-state index in [1.807, 2.05) is 24.3 Å². The number of methoxy groups -OCH3 is 1. The van der Waals surface area contributed by atoms with Crippen LogP contribution in [0.2, 0.25) is 0 Å². The Morgan fingerprint density at radius 1 is 0.962 bits per heavy atom. The number of piperidine rings is 1. The van der Waals surface area contributed by atoms with Gasteiger partial charge in [-0.25, -0.2) is 0 Å². The highest BCUT2D eigenvalue weighted by Crippen LogP contribution is 2.14. The van der Waals surface area contributed by atoms with Gasteiger partial charge in [0.25, 0.3) is 0 Å². The van der Waals surface area contributed by atoms with E-state index in [1.165, 1.54) is 43.5 Å². The van der Waals surface area contributed by atoms with Crippen molar-refractivity contribution in [3.05, 3.63) is 59.7 Å². The van der Waals surface area contributed by atoms with Crippen molar-refractivity contribution in [2.24, 2.45) is 0 Å². The van der Waals surface area contributed by atoms with E-state index in [4.69, 9.17) is 17.0 Å². The molecule has 1 aliphatic rings. The second kappa shape index (κ2) is 9.55. The highest BCUT2D eigenvalue weighted by atomic mass is 32.1. The number of thiocarbonyl (C=S) groups is 1. The fraction of sp³-hybridized carbons (Fsp3) is 0.381. The van der Waals surface area contributed by atoms with Crippen LogP contribution in [0.5, 0.6) is 5.75 Å². The third kappa shape index (κ3) is 5.71. The topological polar surface area (TPSA) is 37.7 Å². The monoisotopic (exact) mass is 370 g/mol. The molecule has 1 saturated heterocycles. The normalized spacial score (nSPS) is 14.7. The molecule has 2 aromatic carbocycles. The Kier molecular flexibility index (Phi) is 6.86. The van der Waals surface area contributed by atoms with E-state index in [2.05, 4.69) is 34.9 Å². The highest BCUT2D eigenvalue weighted by molar-refractivity contribution is 7.80. The summed E-state index contributed by atoms with van der Waals surface area (Å²) in [6, 6.07) is 16.6. The number of hydrogen-bond acceptors (Lipinski definition) is 2. The molecule has 0 atom stereocenters. The van der Waals surface area contributed by atoms with Crippen LogP contribution in [0.15, 0.2) is 48.5 Å². The lowest BCUT2D eigenvalue weighted by molar-refractivity contribution is -0.918. The molecule has 5 heteroatoms. The van der Waals surface area contributed by atoms with Crippen molar-refractivity contribution < 1.29 is 9.64 Å². The second-order valence-corrected chi connectivity index (χ2v) is 7.25. The van der Waals surface area contributed by atoms with Gasteiger partial charge in [0, 0.05) is 17.8 Å². The highest BCUT2D eigenvalue weighted by Gasteiger charge is 2.13. The average molecular weight is 371 g/mol. The predicted molar refractivity (Wildman–Crippen MR) is 111 cm³/mol. The summed E-state index contributed by atoms with van der Waals surface area (Å²) >= 11 is 5.37. The molecule has 0 spiro atoms. The molecular weight excluding hydrogens is 342 g/mol. The summed E-state index contributed by atoms with van der Waals surface area (Å²) < 4.78 is 5.16. The number of ether oxygens (including phenoxy) is 1. The maximum absolute atomic E-state index is 5.37. The molecule has 0 amide bonds. The van der Waals surface area contributed by atoms with Gasteiger partial charge in [-0.2, -0.15) is 0 Å². The first-order valence-corrected chi connectivity index (χ1v) is 9.74. The standard InChI is InChI=1S/C21H27N3OS/c1-25-20-11-9-19(10-12-20)23-21(26)22-15-17-5-7-18(8-6-17)16-24-13-3-2-4-14-24/h5-12H,2-4,13-16H2,1H3,(H2,22,23,26)/p+1. The Morgan fingerprint density at radius 3 is 2.27 bits per heavy atom. The quantitative estimate of drug-likeness (QED) is 0.684. The molecule has 0 bridgehead atoms. The number of anilines is 1. The summed E-state index contributed by atoms with van der Waals surface area (Å²) in [6.07, 6.45) is 4.14. The number of quaternary nitrogens is 1. The molecular formula is C21H28N3OS+. The van der Waals surface area contributed by atoms with Crippen LogP contribution in [0.1, 0.15) is 30.4 Å².